The number of H-pyrrole nitrogens is 1. The number of nitrogens with zero attached hydrogens (tertiary/aromatic N) is 3. The normalized spacial score (nSPS) is 14.8. The second-order valence-electron chi connectivity index (χ2n) is 5.83. The average molecular weight is 307 g/mol. The minimum Gasteiger partial charge on any atom is -0.383 e. The number of nitrogens with two attached hydrogens (primary N) is 1. The van der Waals surface area contributed by atoms with Crippen molar-refractivity contribution in [3.63, 3.8) is 0 Å². The standard InChI is InChI=1S/C17H17N5O/c18-17-13(10-22-7-1-2-16(22)23)8-11-3-4-12(9-15(11)20-17)14-5-6-19-21-14/h3-6,8-9H,1-2,7,10H2,(H2,18,20)(H,19,21). The quantitative estimate of drug-likeness (QED) is 0.777. The first-order valence-corrected chi connectivity index (χ1v) is 7.67. The highest BCUT2D eigenvalue weighted by Gasteiger charge is 2.21. The third-order valence-electron chi connectivity index (χ3n) is 4.27. The molecule has 3 N–H and O–H groups in total. The van der Waals surface area contributed by atoms with Gasteiger partial charge in [-0.15, -0.1) is 0 Å². The summed E-state index contributed by atoms with van der Waals surface area (Å²) in [5.41, 5.74) is 9.81. The molecule has 1 aromatic carbocycles. The van der Waals surface area contributed by atoms with Crippen molar-refractivity contribution < 1.29 is 4.79 Å². The van der Waals surface area contributed by atoms with Crippen LogP contribution in [0.25, 0.3) is 22.2 Å². The van der Waals surface area contributed by atoms with Crippen molar-refractivity contribution in [3.05, 3.63) is 42.1 Å². The monoisotopic (exact) mass is 307 g/mol. The van der Waals surface area contributed by atoms with Crippen LogP contribution in [0.3, 0.4) is 0 Å². The summed E-state index contributed by atoms with van der Waals surface area (Å²) in [5, 5.41) is 7.93. The van der Waals surface area contributed by atoms with Gasteiger partial charge >= 0.3 is 0 Å². The van der Waals surface area contributed by atoms with Gasteiger partial charge in [0.05, 0.1) is 11.2 Å². The van der Waals surface area contributed by atoms with Crippen LogP contribution in [0.15, 0.2) is 36.5 Å². The Labute approximate surface area is 133 Å². The van der Waals surface area contributed by atoms with Gasteiger partial charge < -0.3 is 10.6 Å². The molecule has 1 aliphatic rings. The number of amides is 1. The van der Waals surface area contributed by atoms with Crippen molar-refractivity contribution in [2.24, 2.45) is 0 Å². The summed E-state index contributed by atoms with van der Waals surface area (Å²) in [6, 6.07) is 9.98. The second kappa shape index (κ2) is 5.39. The molecule has 0 spiro atoms. The molecule has 1 fully saturated rings. The Morgan fingerprint density at radius 1 is 1.26 bits per heavy atom. The van der Waals surface area contributed by atoms with Gasteiger partial charge in [-0.2, -0.15) is 5.10 Å². The fourth-order valence-corrected chi connectivity index (χ4v) is 3.01. The molecule has 6 nitrogen and oxygen atoms in total. The number of nitrogens with one attached hydrogen (secondary N) is 1. The predicted molar refractivity (Wildman–Crippen MR) is 88.4 cm³/mol. The third kappa shape index (κ3) is 2.52. The number of pyridine rings is 1. The molecule has 6 heteroatoms. The Bertz CT molecular complexity index is 872. The van der Waals surface area contributed by atoms with E-state index >= 15 is 0 Å². The maximum Gasteiger partial charge on any atom is 0.222 e. The van der Waals surface area contributed by atoms with E-state index in [9.17, 15) is 4.79 Å². The van der Waals surface area contributed by atoms with Crippen LogP contribution in [-0.4, -0.2) is 32.5 Å². The zero-order chi connectivity index (χ0) is 15.8. The smallest absolute Gasteiger partial charge is 0.222 e. The van der Waals surface area contributed by atoms with Gasteiger partial charge in [-0.05, 0) is 24.6 Å². The summed E-state index contributed by atoms with van der Waals surface area (Å²) in [4.78, 5) is 18.1. The fourth-order valence-electron chi connectivity index (χ4n) is 3.01. The maximum absolute atomic E-state index is 11.8. The lowest BCUT2D eigenvalue weighted by atomic mass is 10.1. The molecule has 3 aromatic rings. The van der Waals surface area contributed by atoms with Crippen LogP contribution in [0, 0.1) is 0 Å². The van der Waals surface area contributed by atoms with E-state index in [0.717, 1.165) is 40.7 Å². The minimum absolute atomic E-state index is 0.194. The highest BCUT2D eigenvalue weighted by atomic mass is 16.2. The molecule has 1 aliphatic heterocycles. The molecular formula is C17H17N5O. The average Bonchev–Trinajstić information content (AvgIpc) is 3.20. The predicted octanol–water partition coefficient (Wildman–Crippen LogP) is 2.33. The number of fused-ring (bicyclic) bond motifs is 1. The van der Waals surface area contributed by atoms with Crippen molar-refractivity contribution in [3.8, 4) is 11.3 Å². The third-order valence-corrected chi connectivity index (χ3v) is 4.27. The van der Waals surface area contributed by atoms with Crippen LogP contribution in [-0.2, 0) is 11.3 Å². The van der Waals surface area contributed by atoms with E-state index in [0.29, 0.717) is 18.8 Å². The van der Waals surface area contributed by atoms with Crippen LogP contribution in [0.2, 0.25) is 0 Å². The van der Waals surface area contributed by atoms with Crippen molar-refractivity contribution in [1.82, 2.24) is 20.1 Å². The first kappa shape index (κ1) is 13.8. The number of hydrogen-bond acceptors (Lipinski definition) is 4. The number of carbonyl (C=O) groups excluding carboxylic acids is 1. The first-order valence-electron chi connectivity index (χ1n) is 7.67. The Kier molecular flexibility index (Phi) is 3.22. The Hall–Kier alpha value is -2.89. The number of benzene rings is 1. The minimum atomic E-state index is 0.194. The molecule has 0 bridgehead atoms. The SMILES string of the molecule is Nc1nc2cc(-c3ccn[nH]3)ccc2cc1CN1CCCC1=O. The number of rotatable bonds is 3. The van der Waals surface area contributed by atoms with Crippen molar-refractivity contribution in [2.45, 2.75) is 19.4 Å². The molecule has 0 radical (unpaired) electrons. The van der Waals surface area contributed by atoms with E-state index in [1.54, 1.807) is 6.20 Å². The van der Waals surface area contributed by atoms with Gasteiger partial charge in [-0.3, -0.25) is 9.89 Å². The number of aromatic nitrogens is 3. The summed E-state index contributed by atoms with van der Waals surface area (Å²) >= 11 is 0. The molecular weight excluding hydrogens is 290 g/mol. The molecule has 23 heavy (non-hydrogen) atoms. The highest BCUT2D eigenvalue weighted by molar-refractivity contribution is 5.86. The topological polar surface area (TPSA) is 87.9 Å². The van der Waals surface area contributed by atoms with Gasteiger partial charge in [0.2, 0.25) is 5.91 Å². The van der Waals surface area contributed by atoms with Gasteiger partial charge in [0, 0.05) is 42.2 Å². The van der Waals surface area contributed by atoms with Gasteiger partial charge in [-0.25, -0.2) is 4.98 Å². The zero-order valence-electron chi connectivity index (χ0n) is 12.6. The number of anilines is 1. The zero-order valence-corrected chi connectivity index (χ0v) is 12.6. The molecule has 0 unspecified atom stereocenters. The van der Waals surface area contributed by atoms with E-state index in [1.165, 1.54) is 0 Å². The Balaban J connectivity index is 1.70. The first-order chi connectivity index (χ1) is 11.2. The second-order valence-corrected chi connectivity index (χ2v) is 5.83. The number of nitrogen functional groups attached to an aromatic ring is 1. The fraction of sp³-hybridized carbons (Fsp3) is 0.235. The summed E-state index contributed by atoms with van der Waals surface area (Å²) in [6.07, 6.45) is 3.28. The summed E-state index contributed by atoms with van der Waals surface area (Å²) < 4.78 is 0. The van der Waals surface area contributed by atoms with E-state index in [2.05, 4.69) is 15.2 Å². The number of carbonyl (C=O) groups is 1. The van der Waals surface area contributed by atoms with Gasteiger partial charge in [0.1, 0.15) is 5.82 Å². The lowest BCUT2D eigenvalue weighted by molar-refractivity contribution is -0.128. The van der Waals surface area contributed by atoms with Gasteiger partial charge in [-0.1, -0.05) is 12.1 Å². The van der Waals surface area contributed by atoms with Crippen molar-refractivity contribution >= 4 is 22.6 Å². The maximum atomic E-state index is 11.8. The number of aromatic amines is 1. The molecule has 2 aromatic heterocycles. The Morgan fingerprint density at radius 3 is 2.91 bits per heavy atom. The van der Waals surface area contributed by atoms with E-state index in [-0.39, 0.29) is 5.91 Å². The van der Waals surface area contributed by atoms with E-state index < -0.39 is 0 Å². The molecule has 0 saturated carbocycles. The van der Waals surface area contributed by atoms with E-state index in [4.69, 9.17) is 5.73 Å². The van der Waals surface area contributed by atoms with Crippen LogP contribution < -0.4 is 5.73 Å². The Morgan fingerprint density at radius 2 is 2.17 bits per heavy atom. The van der Waals surface area contributed by atoms with Crippen LogP contribution >= 0.6 is 0 Å². The molecule has 116 valence electrons. The molecule has 3 heterocycles. The lowest BCUT2D eigenvalue weighted by Gasteiger charge is -2.17. The number of likely N-dealkylation sites (tertiary alicyclic amines) is 1. The van der Waals surface area contributed by atoms with E-state index in [1.807, 2.05) is 35.2 Å². The summed E-state index contributed by atoms with van der Waals surface area (Å²) in [5.74, 6) is 0.679. The molecule has 0 atom stereocenters. The largest absolute Gasteiger partial charge is 0.383 e. The molecule has 4 rings (SSSR count). The molecule has 1 saturated heterocycles. The highest BCUT2D eigenvalue weighted by Crippen LogP contribution is 2.26. The molecule has 0 aliphatic carbocycles. The van der Waals surface area contributed by atoms with Gasteiger partial charge in [0.25, 0.3) is 0 Å². The summed E-state index contributed by atoms with van der Waals surface area (Å²) in [6.45, 7) is 1.34. The van der Waals surface area contributed by atoms with Gasteiger partial charge in [0.15, 0.2) is 0 Å². The van der Waals surface area contributed by atoms with Crippen LogP contribution in [0.5, 0.6) is 0 Å². The van der Waals surface area contributed by atoms with Crippen LogP contribution in [0.4, 0.5) is 5.82 Å². The lowest BCUT2D eigenvalue weighted by Crippen LogP contribution is -2.24. The number of hydrogen-bond donors (Lipinski definition) is 2. The summed E-state index contributed by atoms with van der Waals surface area (Å²) in [7, 11) is 0. The van der Waals surface area contributed by atoms with Crippen molar-refractivity contribution in [1.29, 1.82) is 0 Å². The molecule has 1 amide bonds. The van der Waals surface area contributed by atoms with Crippen LogP contribution in [0.1, 0.15) is 18.4 Å². The van der Waals surface area contributed by atoms with Crippen molar-refractivity contribution in [2.75, 3.05) is 12.3 Å².